The van der Waals surface area contributed by atoms with Crippen LogP contribution < -0.4 is 11.1 Å². The zero-order chi connectivity index (χ0) is 11.4. The third-order valence-electron chi connectivity index (χ3n) is 2.52. The van der Waals surface area contributed by atoms with Gasteiger partial charge in [0.05, 0.1) is 0 Å². The molecule has 0 spiro atoms. The van der Waals surface area contributed by atoms with E-state index in [9.17, 15) is 0 Å². The number of aromatic nitrogens is 1. The molecule has 0 saturated heterocycles. The second-order valence-electron chi connectivity index (χ2n) is 3.78. The van der Waals surface area contributed by atoms with E-state index in [1.54, 1.807) is 12.4 Å². The van der Waals surface area contributed by atoms with Crippen molar-refractivity contribution in [2.24, 2.45) is 0 Å². The number of nitrogens with one attached hydrogen (secondary N) is 1. The highest BCUT2D eigenvalue weighted by molar-refractivity contribution is 5.56. The van der Waals surface area contributed by atoms with Crippen LogP contribution >= 0.6 is 0 Å². The summed E-state index contributed by atoms with van der Waals surface area (Å²) in [5.41, 5.74) is 9.98. The van der Waals surface area contributed by atoms with E-state index in [2.05, 4.69) is 16.4 Å². The van der Waals surface area contributed by atoms with Gasteiger partial charge in [-0.15, -0.1) is 0 Å². The Bertz CT molecular complexity index is 466. The minimum Gasteiger partial charge on any atom is -0.399 e. The molecular formula is C13H15N3. The average molecular weight is 213 g/mol. The van der Waals surface area contributed by atoms with Crippen molar-refractivity contribution in [3.8, 4) is 0 Å². The third kappa shape index (κ3) is 2.51. The monoisotopic (exact) mass is 213 g/mol. The first-order chi connectivity index (χ1) is 7.75. The van der Waals surface area contributed by atoms with Crippen molar-refractivity contribution in [2.75, 3.05) is 11.1 Å². The average Bonchev–Trinajstić information content (AvgIpc) is 2.32. The van der Waals surface area contributed by atoms with E-state index in [0.29, 0.717) is 0 Å². The first-order valence-corrected chi connectivity index (χ1v) is 5.24. The summed E-state index contributed by atoms with van der Waals surface area (Å²) in [7, 11) is 0. The molecule has 0 atom stereocenters. The van der Waals surface area contributed by atoms with Crippen LogP contribution in [-0.4, -0.2) is 4.98 Å². The lowest BCUT2D eigenvalue weighted by molar-refractivity contribution is 1.13. The number of pyridine rings is 1. The highest BCUT2D eigenvalue weighted by Crippen LogP contribution is 2.17. The standard InChI is InChI=1S/C13H15N3/c1-10-8-12(2-3-13(10)14)16-9-11-4-6-15-7-5-11/h2-8,16H,9,14H2,1H3. The van der Waals surface area contributed by atoms with E-state index >= 15 is 0 Å². The molecule has 3 nitrogen and oxygen atoms in total. The molecule has 0 radical (unpaired) electrons. The fourth-order valence-electron chi connectivity index (χ4n) is 1.49. The molecule has 0 amide bonds. The van der Waals surface area contributed by atoms with Crippen LogP contribution in [-0.2, 0) is 6.54 Å². The maximum atomic E-state index is 5.76. The Hall–Kier alpha value is -2.03. The van der Waals surface area contributed by atoms with Gasteiger partial charge in [-0.3, -0.25) is 4.98 Å². The maximum absolute atomic E-state index is 5.76. The summed E-state index contributed by atoms with van der Waals surface area (Å²) in [6.07, 6.45) is 3.59. The molecule has 1 aromatic heterocycles. The topological polar surface area (TPSA) is 50.9 Å². The SMILES string of the molecule is Cc1cc(NCc2ccncc2)ccc1N. The van der Waals surface area contributed by atoms with Crippen molar-refractivity contribution >= 4 is 11.4 Å². The second-order valence-corrected chi connectivity index (χ2v) is 3.78. The van der Waals surface area contributed by atoms with Gasteiger partial charge in [-0.25, -0.2) is 0 Å². The number of rotatable bonds is 3. The Kier molecular flexibility index (Phi) is 3.05. The molecule has 0 bridgehead atoms. The summed E-state index contributed by atoms with van der Waals surface area (Å²) in [6, 6.07) is 9.96. The number of hydrogen-bond acceptors (Lipinski definition) is 3. The molecule has 3 N–H and O–H groups in total. The lowest BCUT2D eigenvalue weighted by atomic mass is 10.2. The largest absolute Gasteiger partial charge is 0.399 e. The summed E-state index contributed by atoms with van der Waals surface area (Å²) in [5.74, 6) is 0. The van der Waals surface area contributed by atoms with Gasteiger partial charge in [0.1, 0.15) is 0 Å². The first kappa shape index (κ1) is 10.5. The number of hydrogen-bond donors (Lipinski definition) is 2. The zero-order valence-electron chi connectivity index (χ0n) is 9.27. The minimum atomic E-state index is 0.797. The van der Waals surface area contributed by atoms with Crippen molar-refractivity contribution in [2.45, 2.75) is 13.5 Å². The zero-order valence-corrected chi connectivity index (χ0v) is 9.27. The Balaban J connectivity index is 2.03. The van der Waals surface area contributed by atoms with Crippen LogP contribution in [0.25, 0.3) is 0 Å². The smallest absolute Gasteiger partial charge is 0.0401 e. The van der Waals surface area contributed by atoms with Crippen molar-refractivity contribution in [3.05, 3.63) is 53.9 Å². The van der Waals surface area contributed by atoms with Gasteiger partial charge in [0.25, 0.3) is 0 Å². The highest BCUT2D eigenvalue weighted by Gasteiger charge is 1.96. The molecule has 16 heavy (non-hydrogen) atoms. The Morgan fingerprint density at radius 1 is 1.19 bits per heavy atom. The van der Waals surface area contributed by atoms with Gasteiger partial charge < -0.3 is 11.1 Å². The lowest BCUT2D eigenvalue weighted by Gasteiger charge is -2.08. The molecule has 0 aliphatic rings. The van der Waals surface area contributed by atoms with Crippen LogP contribution in [0.15, 0.2) is 42.7 Å². The van der Waals surface area contributed by atoms with Crippen LogP contribution in [0.2, 0.25) is 0 Å². The number of nitrogen functional groups attached to an aromatic ring is 1. The Morgan fingerprint density at radius 3 is 2.62 bits per heavy atom. The molecule has 82 valence electrons. The molecule has 0 aliphatic carbocycles. The number of anilines is 2. The van der Waals surface area contributed by atoms with Gasteiger partial charge in [-0.1, -0.05) is 0 Å². The molecule has 0 fully saturated rings. The molecular weight excluding hydrogens is 198 g/mol. The third-order valence-corrected chi connectivity index (χ3v) is 2.52. The fraction of sp³-hybridized carbons (Fsp3) is 0.154. The van der Waals surface area contributed by atoms with Crippen LogP contribution in [0, 0.1) is 6.92 Å². The predicted octanol–water partition coefficient (Wildman–Crippen LogP) is 2.58. The van der Waals surface area contributed by atoms with Crippen LogP contribution in [0.4, 0.5) is 11.4 Å². The molecule has 0 saturated carbocycles. The maximum Gasteiger partial charge on any atom is 0.0401 e. The van der Waals surface area contributed by atoms with Gasteiger partial charge in [0, 0.05) is 30.3 Å². The summed E-state index contributed by atoms with van der Waals surface area (Å²) < 4.78 is 0. The van der Waals surface area contributed by atoms with E-state index in [4.69, 9.17) is 5.73 Å². The Morgan fingerprint density at radius 2 is 1.94 bits per heavy atom. The molecule has 0 unspecified atom stereocenters. The van der Waals surface area contributed by atoms with Crippen LogP contribution in [0.1, 0.15) is 11.1 Å². The van der Waals surface area contributed by atoms with Gasteiger partial charge in [0.2, 0.25) is 0 Å². The van der Waals surface area contributed by atoms with Crippen molar-refractivity contribution in [1.82, 2.24) is 4.98 Å². The number of nitrogens with zero attached hydrogens (tertiary/aromatic N) is 1. The number of nitrogens with two attached hydrogens (primary N) is 1. The Labute approximate surface area is 95.3 Å². The van der Waals surface area contributed by atoms with E-state index in [1.807, 2.05) is 31.2 Å². The molecule has 2 aromatic rings. The normalized spacial score (nSPS) is 10.1. The van der Waals surface area contributed by atoms with Crippen LogP contribution in [0.3, 0.4) is 0 Å². The second kappa shape index (κ2) is 4.66. The van der Waals surface area contributed by atoms with Crippen molar-refractivity contribution in [3.63, 3.8) is 0 Å². The summed E-state index contributed by atoms with van der Waals surface area (Å²) in [4.78, 5) is 3.98. The van der Waals surface area contributed by atoms with Gasteiger partial charge in [-0.05, 0) is 48.4 Å². The van der Waals surface area contributed by atoms with Gasteiger partial charge in [-0.2, -0.15) is 0 Å². The minimum absolute atomic E-state index is 0.797. The van der Waals surface area contributed by atoms with E-state index in [1.165, 1.54) is 5.56 Å². The van der Waals surface area contributed by atoms with Crippen molar-refractivity contribution < 1.29 is 0 Å². The number of aryl methyl sites for hydroxylation is 1. The van der Waals surface area contributed by atoms with E-state index in [-0.39, 0.29) is 0 Å². The van der Waals surface area contributed by atoms with Gasteiger partial charge in [0.15, 0.2) is 0 Å². The predicted molar refractivity (Wildman–Crippen MR) is 67.2 cm³/mol. The summed E-state index contributed by atoms with van der Waals surface area (Å²) in [6.45, 7) is 2.80. The number of benzene rings is 1. The highest BCUT2D eigenvalue weighted by atomic mass is 14.9. The van der Waals surface area contributed by atoms with Crippen LogP contribution in [0.5, 0.6) is 0 Å². The van der Waals surface area contributed by atoms with E-state index in [0.717, 1.165) is 23.5 Å². The van der Waals surface area contributed by atoms with E-state index < -0.39 is 0 Å². The first-order valence-electron chi connectivity index (χ1n) is 5.24. The molecule has 3 heteroatoms. The van der Waals surface area contributed by atoms with Gasteiger partial charge >= 0.3 is 0 Å². The summed E-state index contributed by atoms with van der Waals surface area (Å²) in [5, 5.41) is 3.35. The molecule has 2 rings (SSSR count). The molecule has 0 aliphatic heterocycles. The quantitative estimate of drug-likeness (QED) is 0.770. The molecule has 1 heterocycles. The summed E-state index contributed by atoms with van der Waals surface area (Å²) >= 11 is 0. The van der Waals surface area contributed by atoms with Crippen molar-refractivity contribution in [1.29, 1.82) is 0 Å². The fourth-order valence-corrected chi connectivity index (χ4v) is 1.49. The lowest BCUT2D eigenvalue weighted by Crippen LogP contribution is -2.00. The molecule has 1 aromatic carbocycles.